The van der Waals surface area contributed by atoms with Crippen molar-refractivity contribution in [3.63, 3.8) is 0 Å². The molecule has 0 saturated heterocycles. The van der Waals surface area contributed by atoms with E-state index in [2.05, 4.69) is 132 Å². The third-order valence-corrected chi connectivity index (χ3v) is 8.80. The lowest BCUT2D eigenvalue weighted by Gasteiger charge is -2.11. The lowest BCUT2D eigenvalue weighted by Crippen LogP contribution is -2.34. The number of methoxy groups -OCH3 is 1. The Morgan fingerprint density at radius 1 is 0.420 bits per heavy atom. The van der Waals surface area contributed by atoms with Gasteiger partial charge in [-0.1, -0.05) is 12.1 Å². The lowest BCUT2D eigenvalue weighted by molar-refractivity contribution is -0.689. The van der Waals surface area contributed by atoms with E-state index in [-0.39, 0.29) is 0 Å². The summed E-state index contributed by atoms with van der Waals surface area (Å²) in [5.41, 5.74) is 7.11. The first kappa shape index (κ1) is 32.5. The Labute approximate surface area is 293 Å². The Hall–Kier alpha value is -6.08. The lowest BCUT2D eigenvalue weighted by atomic mass is 10.1. The fourth-order valence-corrected chi connectivity index (χ4v) is 6.05. The molecule has 7 heteroatoms. The quantitative estimate of drug-likeness (QED) is 0.120. The summed E-state index contributed by atoms with van der Waals surface area (Å²) >= 11 is 0. The number of pyridine rings is 4. The van der Waals surface area contributed by atoms with Crippen molar-refractivity contribution in [2.24, 2.45) is 14.1 Å². The van der Waals surface area contributed by atoms with Crippen LogP contribution in [0.3, 0.4) is 0 Å². The van der Waals surface area contributed by atoms with Gasteiger partial charge in [-0.25, -0.2) is 18.3 Å². The van der Waals surface area contributed by atoms with Crippen LogP contribution in [0, 0.1) is 0 Å². The maximum absolute atomic E-state index is 6.31. The molecule has 0 amide bonds. The normalized spacial score (nSPS) is 11.0. The molecule has 50 heavy (non-hydrogen) atoms. The maximum Gasteiger partial charge on any atom is 0.173 e. The highest BCUT2D eigenvalue weighted by Gasteiger charge is 2.13. The first-order chi connectivity index (χ1) is 24.5. The van der Waals surface area contributed by atoms with E-state index < -0.39 is 0 Å². The van der Waals surface area contributed by atoms with Crippen LogP contribution in [-0.2, 0) is 27.2 Å². The van der Waals surface area contributed by atoms with E-state index in [1.165, 1.54) is 33.4 Å². The van der Waals surface area contributed by atoms with Gasteiger partial charge in [-0.05, 0) is 75.5 Å². The highest BCUT2D eigenvalue weighted by atomic mass is 16.5. The highest BCUT2D eigenvalue weighted by molar-refractivity contribution is 5.85. The fraction of sp³-hybridized carbons (Fsp3) is 0.163. The zero-order chi connectivity index (χ0) is 34.3. The molecule has 7 aromatic rings. The zero-order valence-corrected chi connectivity index (χ0v) is 28.8. The SMILES string of the molecule is COc1ccc2cc(OCCOc3cc(C[n+]4ccc(-c5cc[n+](C)cc5)cc4)cc(C[n+]4ccc(-c5cc[n+](C)cc5)cc4)c3)ccc2c1. The Bertz CT molecular complexity index is 2090. The summed E-state index contributed by atoms with van der Waals surface area (Å²) in [5, 5.41) is 2.22. The van der Waals surface area contributed by atoms with Gasteiger partial charge in [-0.2, -0.15) is 0 Å². The molecule has 0 bridgehead atoms. The second-order valence-corrected chi connectivity index (χ2v) is 12.6. The van der Waals surface area contributed by atoms with E-state index >= 15 is 0 Å². The molecule has 0 radical (unpaired) electrons. The van der Waals surface area contributed by atoms with Crippen molar-refractivity contribution in [3.8, 4) is 39.5 Å². The molecule has 0 spiro atoms. The van der Waals surface area contributed by atoms with Crippen LogP contribution in [0.5, 0.6) is 17.2 Å². The second kappa shape index (κ2) is 15.0. The van der Waals surface area contributed by atoms with Crippen molar-refractivity contribution in [1.82, 2.24) is 0 Å². The van der Waals surface area contributed by atoms with Crippen LogP contribution in [0.2, 0.25) is 0 Å². The van der Waals surface area contributed by atoms with Crippen molar-refractivity contribution >= 4 is 10.8 Å². The van der Waals surface area contributed by atoms with Crippen molar-refractivity contribution in [1.29, 1.82) is 0 Å². The van der Waals surface area contributed by atoms with E-state index in [9.17, 15) is 0 Å². The number of benzene rings is 3. The number of rotatable bonds is 12. The standard InChI is InChI=1S/C43H42N4O3/c1-44-16-8-35(9-17-44)37-12-20-46(21-13-37)31-33-26-34(32-47-22-14-38(15-23-47)36-10-18-45(2)19-11-36)28-43(27-33)50-25-24-49-42-7-5-39-29-41(48-3)6-4-40(39)30-42/h4-23,26-30H,24-25,31-32H2,1-3H3/q+4. The van der Waals surface area contributed by atoms with Gasteiger partial charge in [0.15, 0.2) is 62.7 Å². The van der Waals surface area contributed by atoms with E-state index in [4.69, 9.17) is 14.2 Å². The molecule has 0 saturated carbocycles. The number of aromatic nitrogens is 4. The summed E-state index contributed by atoms with van der Waals surface area (Å²) in [4.78, 5) is 0. The van der Waals surface area contributed by atoms with Gasteiger partial charge < -0.3 is 14.2 Å². The van der Waals surface area contributed by atoms with Crippen molar-refractivity contribution in [2.45, 2.75) is 13.1 Å². The van der Waals surface area contributed by atoms with Crippen LogP contribution >= 0.6 is 0 Å². The molecule has 0 atom stereocenters. The van der Waals surface area contributed by atoms with Crippen molar-refractivity contribution in [2.75, 3.05) is 20.3 Å². The number of ether oxygens (including phenoxy) is 3. The van der Waals surface area contributed by atoms with Crippen LogP contribution in [0.1, 0.15) is 11.1 Å². The number of hydrogen-bond donors (Lipinski definition) is 0. The highest BCUT2D eigenvalue weighted by Crippen LogP contribution is 2.25. The zero-order valence-electron chi connectivity index (χ0n) is 28.8. The van der Waals surface area contributed by atoms with Crippen LogP contribution in [0.25, 0.3) is 33.0 Å². The number of aryl methyl sites for hydroxylation is 2. The Kier molecular flexibility index (Phi) is 9.74. The van der Waals surface area contributed by atoms with Gasteiger partial charge in [0.05, 0.1) is 7.11 Å². The first-order valence-electron chi connectivity index (χ1n) is 16.8. The summed E-state index contributed by atoms with van der Waals surface area (Å²) in [5.74, 6) is 2.49. The summed E-state index contributed by atoms with van der Waals surface area (Å²) in [6, 6.07) is 35.9. The average molecular weight is 663 g/mol. The monoisotopic (exact) mass is 662 g/mol. The molecule has 0 fully saturated rings. The summed E-state index contributed by atoms with van der Waals surface area (Å²) < 4.78 is 26.2. The van der Waals surface area contributed by atoms with Gasteiger partial charge in [0.2, 0.25) is 0 Å². The van der Waals surface area contributed by atoms with Crippen LogP contribution in [0.15, 0.2) is 153 Å². The fourth-order valence-electron chi connectivity index (χ4n) is 6.05. The molecule has 248 valence electrons. The third-order valence-electron chi connectivity index (χ3n) is 8.80. The molecule has 0 aliphatic carbocycles. The summed E-state index contributed by atoms with van der Waals surface area (Å²) in [6.45, 7) is 2.31. The molecule has 3 aromatic carbocycles. The van der Waals surface area contributed by atoms with Crippen LogP contribution < -0.4 is 32.5 Å². The van der Waals surface area contributed by atoms with Gasteiger partial charge in [0.25, 0.3) is 0 Å². The molecule has 4 aromatic heterocycles. The molecule has 4 heterocycles. The molecule has 0 aliphatic rings. The smallest absolute Gasteiger partial charge is 0.173 e. The maximum atomic E-state index is 6.31. The first-order valence-corrected chi connectivity index (χ1v) is 16.8. The summed E-state index contributed by atoms with van der Waals surface area (Å²) in [7, 11) is 5.74. The molecular formula is C43H42N4O3+4. The molecular weight excluding hydrogens is 620 g/mol. The van der Waals surface area contributed by atoms with E-state index in [0.29, 0.717) is 13.2 Å². The predicted octanol–water partition coefficient (Wildman–Crippen LogP) is 5.96. The Balaban J connectivity index is 1.06. The minimum atomic E-state index is 0.427. The van der Waals surface area contributed by atoms with E-state index in [1.54, 1.807) is 7.11 Å². The Morgan fingerprint density at radius 3 is 1.28 bits per heavy atom. The van der Waals surface area contributed by atoms with Gasteiger partial charge >= 0.3 is 0 Å². The largest absolute Gasteiger partial charge is 0.497 e. The molecule has 0 aliphatic heterocycles. The molecule has 0 N–H and O–H groups in total. The van der Waals surface area contributed by atoms with Gasteiger partial charge in [0, 0.05) is 59.7 Å². The molecule has 0 unspecified atom stereocenters. The van der Waals surface area contributed by atoms with Crippen molar-refractivity contribution in [3.05, 3.63) is 164 Å². The topological polar surface area (TPSA) is 43.2 Å². The number of nitrogens with zero attached hydrogens (tertiary/aromatic N) is 4. The summed E-state index contributed by atoms with van der Waals surface area (Å²) in [6.07, 6.45) is 16.8. The molecule has 7 nitrogen and oxygen atoms in total. The number of fused-ring (bicyclic) bond motifs is 1. The van der Waals surface area contributed by atoms with E-state index in [1.807, 2.05) is 53.6 Å². The number of hydrogen-bond acceptors (Lipinski definition) is 3. The van der Waals surface area contributed by atoms with Crippen molar-refractivity contribution < 1.29 is 32.5 Å². The minimum Gasteiger partial charge on any atom is -0.497 e. The minimum absolute atomic E-state index is 0.427. The van der Waals surface area contributed by atoms with Gasteiger partial charge in [-0.3, -0.25) is 0 Å². The van der Waals surface area contributed by atoms with Crippen LogP contribution in [0.4, 0.5) is 0 Å². The second-order valence-electron chi connectivity index (χ2n) is 12.6. The predicted molar refractivity (Wildman–Crippen MR) is 193 cm³/mol. The third kappa shape index (κ3) is 8.13. The Morgan fingerprint density at radius 2 is 0.820 bits per heavy atom. The van der Waals surface area contributed by atoms with Crippen LogP contribution in [-0.4, -0.2) is 20.3 Å². The van der Waals surface area contributed by atoms with E-state index in [0.717, 1.165) is 41.1 Å². The average Bonchev–Trinajstić information content (AvgIpc) is 3.14. The van der Waals surface area contributed by atoms with Gasteiger partial charge in [0.1, 0.15) is 44.6 Å². The van der Waals surface area contributed by atoms with Gasteiger partial charge in [-0.15, -0.1) is 0 Å². The molecule has 7 rings (SSSR count).